The fourth-order valence-corrected chi connectivity index (χ4v) is 3.32. The summed E-state index contributed by atoms with van der Waals surface area (Å²) in [6.45, 7) is 3.48. The average molecular weight is 297 g/mol. The van der Waals surface area contributed by atoms with Crippen LogP contribution in [0.5, 0.6) is 5.75 Å². The maximum absolute atomic E-state index is 5.55. The van der Waals surface area contributed by atoms with Crippen LogP contribution >= 0.6 is 11.3 Å². The van der Waals surface area contributed by atoms with E-state index in [-0.39, 0.29) is 0 Å². The Kier molecular flexibility index (Phi) is 2.93. The molecule has 0 saturated carbocycles. The maximum atomic E-state index is 5.55. The van der Waals surface area contributed by atoms with Gasteiger partial charge in [0.05, 0.1) is 18.8 Å². The van der Waals surface area contributed by atoms with Gasteiger partial charge in [0.2, 0.25) is 0 Å². The van der Waals surface area contributed by atoms with Crippen LogP contribution in [-0.4, -0.2) is 20.6 Å². The number of hydrogen-bond acceptors (Lipinski definition) is 3. The molecule has 106 valence electrons. The van der Waals surface area contributed by atoms with Crippen LogP contribution in [0.25, 0.3) is 15.9 Å². The summed E-state index contributed by atoms with van der Waals surface area (Å²) in [4.78, 5) is 5.68. The Morgan fingerprint density at radius 1 is 1.24 bits per heavy atom. The lowest BCUT2D eigenvalue weighted by atomic mass is 10.2. The number of rotatable bonds is 4. The third-order valence-corrected chi connectivity index (χ3v) is 4.30. The Balaban J connectivity index is 1.68. The number of benzene rings is 1. The normalized spacial score (nSPS) is 11.5. The Bertz CT molecular complexity index is 874. The Morgan fingerprint density at radius 2 is 2.19 bits per heavy atom. The molecule has 3 heterocycles. The second kappa shape index (κ2) is 4.93. The van der Waals surface area contributed by atoms with E-state index >= 15 is 0 Å². The number of aromatic nitrogens is 3. The van der Waals surface area contributed by atoms with Gasteiger partial charge in [-0.3, -0.25) is 4.40 Å². The standard InChI is InChI=1S/C16H15N3OS/c1-2-20-14-3-4-15-12(9-14)5-6-18(15)10-13-11-19-7-8-21-16(19)17-13/h3-9,11H,2,10H2,1H3. The van der Waals surface area contributed by atoms with Gasteiger partial charge in [-0.05, 0) is 31.2 Å². The van der Waals surface area contributed by atoms with Crippen molar-refractivity contribution in [3.8, 4) is 5.75 Å². The fourth-order valence-electron chi connectivity index (χ4n) is 2.60. The van der Waals surface area contributed by atoms with Crippen LogP contribution in [0.2, 0.25) is 0 Å². The number of thiazole rings is 1. The summed E-state index contributed by atoms with van der Waals surface area (Å²) in [5.74, 6) is 0.922. The average Bonchev–Trinajstić information content (AvgIpc) is 3.14. The molecule has 0 saturated heterocycles. The van der Waals surface area contributed by atoms with E-state index in [0.717, 1.165) is 22.9 Å². The van der Waals surface area contributed by atoms with Gasteiger partial charge in [0, 0.05) is 34.9 Å². The molecule has 4 rings (SSSR count). The summed E-state index contributed by atoms with van der Waals surface area (Å²) in [7, 11) is 0. The van der Waals surface area contributed by atoms with Crippen LogP contribution in [-0.2, 0) is 6.54 Å². The van der Waals surface area contributed by atoms with Gasteiger partial charge in [-0.15, -0.1) is 11.3 Å². The highest BCUT2D eigenvalue weighted by Crippen LogP contribution is 2.23. The van der Waals surface area contributed by atoms with Gasteiger partial charge in [0.1, 0.15) is 5.75 Å². The van der Waals surface area contributed by atoms with Gasteiger partial charge >= 0.3 is 0 Å². The van der Waals surface area contributed by atoms with Crippen molar-refractivity contribution in [3.63, 3.8) is 0 Å². The van der Waals surface area contributed by atoms with Gasteiger partial charge in [0.15, 0.2) is 4.96 Å². The van der Waals surface area contributed by atoms with Gasteiger partial charge in [-0.25, -0.2) is 4.98 Å². The summed E-state index contributed by atoms with van der Waals surface area (Å²) in [6.07, 6.45) is 6.23. The van der Waals surface area contributed by atoms with Crippen LogP contribution in [0.15, 0.2) is 48.2 Å². The van der Waals surface area contributed by atoms with Crippen molar-refractivity contribution >= 4 is 27.2 Å². The van der Waals surface area contributed by atoms with Crippen molar-refractivity contribution in [1.29, 1.82) is 0 Å². The molecule has 0 N–H and O–H groups in total. The van der Waals surface area contributed by atoms with E-state index in [1.807, 2.05) is 24.6 Å². The summed E-state index contributed by atoms with van der Waals surface area (Å²) in [5.41, 5.74) is 2.28. The summed E-state index contributed by atoms with van der Waals surface area (Å²) < 4.78 is 9.84. The zero-order valence-corrected chi connectivity index (χ0v) is 12.5. The van der Waals surface area contributed by atoms with E-state index in [4.69, 9.17) is 4.74 Å². The minimum absolute atomic E-state index is 0.692. The minimum atomic E-state index is 0.692. The molecule has 0 unspecified atom stereocenters. The molecule has 1 aromatic carbocycles. The van der Waals surface area contributed by atoms with Gasteiger partial charge in [0.25, 0.3) is 0 Å². The molecule has 0 bridgehead atoms. The highest BCUT2D eigenvalue weighted by atomic mass is 32.1. The van der Waals surface area contributed by atoms with E-state index < -0.39 is 0 Å². The van der Waals surface area contributed by atoms with E-state index in [0.29, 0.717) is 6.61 Å². The second-order valence-corrected chi connectivity index (χ2v) is 5.80. The lowest BCUT2D eigenvalue weighted by Crippen LogP contribution is -1.98. The zero-order valence-electron chi connectivity index (χ0n) is 11.7. The van der Waals surface area contributed by atoms with Gasteiger partial charge < -0.3 is 9.30 Å². The number of imidazole rings is 1. The van der Waals surface area contributed by atoms with Crippen molar-refractivity contribution in [1.82, 2.24) is 14.0 Å². The first-order valence-electron chi connectivity index (χ1n) is 6.96. The molecule has 3 aromatic heterocycles. The minimum Gasteiger partial charge on any atom is -0.494 e. The molecule has 4 aromatic rings. The summed E-state index contributed by atoms with van der Waals surface area (Å²) >= 11 is 1.66. The molecule has 0 aliphatic rings. The molecule has 0 radical (unpaired) electrons. The summed E-state index contributed by atoms with van der Waals surface area (Å²) in [6, 6.07) is 8.34. The predicted octanol–water partition coefficient (Wildman–Crippen LogP) is 3.80. The molecule has 4 nitrogen and oxygen atoms in total. The van der Waals surface area contributed by atoms with Crippen LogP contribution in [0, 0.1) is 0 Å². The second-order valence-electron chi connectivity index (χ2n) is 4.92. The van der Waals surface area contributed by atoms with Crippen molar-refractivity contribution in [2.45, 2.75) is 13.5 Å². The lowest BCUT2D eigenvalue weighted by Gasteiger charge is -2.05. The van der Waals surface area contributed by atoms with Crippen molar-refractivity contribution < 1.29 is 4.74 Å². The third-order valence-electron chi connectivity index (χ3n) is 3.53. The molecule has 5 heteroatoms. The molecule has 0 atom stereocenters. The van der Waals surface area contributed by atoms with Crippen LogP contribution in [0.1, 0.15) is 12.6 Å². The monoisotopic (exact) mass is 297 g/mol. The van der Waals surface area contributed by atoms with Crippen molar-refractivity contribution in [2.75, 3.05) is 6.61 Å². The molecular weight excluding hydrogens is 282 g/mol. The molecule has 0 aliphatic heterocycles. The van der Waals surface area contributed by atoms with Crippen molar-refractivity contribution in [3.05, 3.63) is 53.9 Å². The highest BCUT2D eigenvalue weighted by molar-refractivity contribution is 7.15. The third kappa shape index (κ3) is 2.19. The van der Waals surface area contributed by atoms with Gasteiger partial charge in [-0.2, -0.15) is 0 Å². The Hall–Kier alpha value is -2.27. The van der Waals surface area contributed by atoms with Crippen LogP contribution in [0.3, 0.4) is 0 Å². The topological polar surface area (TPSA) is 31.5 Å². The zero-order chi connectivity index (χ0) is 14.2. The lowest BCUT2D eigenvalue weighted by molar-refractivity contribution is 0.340. The number of fused-ring (bicyclic) bond motifs is 2. The molecular formula is C16H15N3OS. The highest BCUT2D eigenvalue weighted by Gasteiger charge is 2.07. The van der Waals surface area contributed by atoms with E-state index in [1.165, 1.54) is 10.9 Å². The van der Waals surface area contributed by atoms with Crippen LogP contribution in [0.4, 0.5) is 0 Å². The quantitative estimate of drug-likeness (QED) is 0.574. The molecule has 0 spiro atoms. The smallest absolute Gasteiger partial charge is 0.193 e. The maximum Gasteiger partial charge on any atom is 0.193 e. The molecule has 0 aliphatic carbocycles. The Morgan fingerprint density at radius 3 is 3.05 bits per heavy atom. The number of nitrogens with zero attached hydrogens (tertiary/aromatic N) is 3. The van der Waals surface area contributed by atoms with E-state index in [9.17, 15) is 0 Å². The first-order chi connectivity index (χ1) is 10.3. The number of hydrogen-bond donors (Lipinski definition) is 0. The molecule has 0 amide bonds. The number of ether oxygens (including phenoxy) is 1. The van der Waals surface area contributed by atoms with Gasteiger partial charge in [-0.1, -0.05) is 0 Å². The fraction of sp³-hybridized carbons (Fsp3) is 0.188. The summed E-state index contributed by atoms with van der Waals surface area (Å²) in [5, 5.41) is 3.24. The predicted molar refractivity (Wildman–Crippen MR) is 85.3 cm³/mol. The Labute approximate surface area is 126 Å². The first kappa shape index (κ1) is 12.5. The molecule has 21 heavy (non-hydrogen) atoms. The first-order valence-corrected chi connectivity index (χ1v) is 7.84. The van der Waals surface area contributed by atoms with E-state index in [1.54, 1.807) is 11.3 Å². The van der Waals surface area contributed by atoms with Crippen LogP contribution < -0.4 is 4.74 Å². The van der Waals surface area contributed by atoms with Crippen molar-refractivity contribution in [2.24, 2.45) is 0 Å². The SMILES string of the molecule is CCOc1ccc2c(ccn2Cc2cn3ccsc3n2)c1. The largest absolute Gasteiger partial charge is 0.494 e. The van der Waals surface area contributed by atoms with E-state index in [2.05, 4.69) is 44.5 Å². The molecule has 0 fully saturated rings.